The van der Waals surface area contributed by atoms with Crippen LogP contribution >= 0.6 is 0 Å². The van der Waals surface area contributed by atoms with E-state index in [0.29, 0.717) is 0 Å². The Morgan fingerprint density at radius 2 is 2.13 bits per heavy atom. The summed E-state index contributed by atoms with van der Waals surface area (Å²) >= 11 is 0. The quantitative estimate of drug-likeness (QED) is 0.617. The largest absolute Gasteiger partial charge is 0.347 e. The number of carbonyl (C=O) groups is 1. The molecular formula is C17H18F4N8O. The van der Waals surface area contributed by atoms with Gasteiger partial charge in [0.1, 0.15) is 5.56 Å². The number of hydrogen-bond donors (Lipinski definition) is 2. The number of aryl methyl sites for hydroxylation is 1. The summed E-state index contributed by atoms with van der Waals surface area (Å²) < 4.78 is 57.1. The van der Waals surface area contributed by atoms with E-state index in [1.165, 1.54) is 35.1 Å². The van der Waals surface area contributed by atoms with E-state index in [1.54, 1.807) is 6.07 Å². The lowest BCUT2D eigenvalue weighted by Gasteiger charge is -2.36. The van der Waals surface area contributed by atoms with Crippen molar-refractivity contribution >= 4 is 23.1 Å². The third kappa shape index (κ3) is 3.67. The first-order chi connectivity index (χ1) is 14.1. The van der Waals surface area contributed by atoms with E-state index >= 15 is 0 Å². The lowest BCUT2D eigenvalue weighted by Crippen LogP contribution is -2.53. The Labute approximate surface area is 167 Å². The highest BCUT2D eigenvalue weighted by atomic mass is 19.3. The molecule has 0 spiro atoms. The van der Waals surface area contributed by atoms with Crippen LogP contribution in [-0.4, -0.2) is 55.3 Å². The Hall–Kier alpha value is -3.22. The second kappa shape index (κ2) is 7.23. The van der Waals surface area contributed by atoms with Crippen molar-refractivity contribution in [3.8, 4) is 0 Å². The number of hydrogen-bond acceptors (Lipinski definition) is 6. The Morgan fingerprint density at radius 3 is 2.83 bits per heavy atom. The number of nitrogens with one attached hydrogen (secondary N) is 1. The van der Waals surface area contributed by atoms with E-state index in [4.69, 9.17) is 5.73 Å². The van der Waals surface area contributed by atoms with Crippen molar-refractivity contribution in [1.29, 1.82) is 0 Å². The molecule has 3 N–H and O–H groups in total. The van der Waals surface area contributed by atoms with Crippen molar-refractivity contribution in [2.24, 2.45) is 12.8 Å². The average molecular weight is 426 g/mol. The van der Waals surface area contributed by atoms with Crippen LogP contribution < -0.4 is 16.0 Å². The van der Waals surface area contributed by atoms with Crippen LogP contribution in [0, 0.1) is 0 Å². The summed E-state index contributed by atoms with van der Waals surface area (Å²) in [6.45, 7) is -0.630. The number of nitrogens with zero attached hydrogens (tertiary/aromatic N) is 6. The summed E-state index contributed by atoms with van der Waals surface area (Å²) in [5, 5.41) is 10.2. The monoisotopic (exact) mass is 426 g/mol. The zero-order valence-corrected chi connectivity index (χ0v) is 15.8. The van der Waals surface area contributed by atoms with Crippen LogP contribution in [0.2, 0.25) is 0 Å². The normalized spacial score (nSPS) is 18.9. The van der Waals surface area contributed by atoms with Gasteiger partial charge in [0.2, 0.25) is 0 Å². The van der Waals surface area contributed by atoms with Crippen molar-refractivity contribution in [3.63, 3.8) is 0 Å². The maximum Gasteiger partial charge on any atom is 0.284 e. The molecule has 30 heavy (non-hydrogen) atoms. The molecular weight excluding hydrogens is 408 g/mol. The predicted octanol–water partition coefficient (Wildman–Crippen LogP) is 1.83. The maximum atomic E-state index is 14.1. The Kier molecular flexibility index (Phi) is 4.84. The topological polar surface area (TPSA) is 106 Å². The Balaban J connectivity index is 1.76. The smallest absolute Gasteiger partial charge is 0.284 e. The molecule has 1 fully saturated rings. The van der Waals surface area contributed by atoms with Crippen LogP contribution in [0.1, 0.15) is 28.9 Å². The number of piperidine rings is 1. The molecule has 1 amide bonds. The van der Waals surface area contributed by atoms with E-state index in [0.717, 1.165) is 4.68 Å². The first kappa shape index (κ1) is 20.1. The van der Waals surface area contributed by atoms with Crippen LogP contribution in [0.4, 0.5) is 29.1 Å². The van der Waals surface area contributed by atoms with Gasteiger partial charge in [0.25, 0.3) is 18.3 Å². The van der Waals surface area contributed by atoms with Crippen molar-refractivity contribution in [2.75, 3.05) is 23.3 Å². The van der Waals surface area contributed by atoms with Gasteiger partial charge < -0.3 is 16.0 Å². The minimum absolute atomic E-state index is 0.0505. The molecule has 160 valence electrons. The molecule has 0 aromatic carbocycles. The second-order valence-electron chi connectivity index (χ2n) is 7.14. The summed E-state index contributed by atoms with van der Waals surface area (Å²) in [5.74, 6) is -3.94. The molecule has 0 radical (unpaired) electrons. The van der Waals surface area contributed by atoms with E-state index in [9.17, 15) is 22.4 Å². The molecule has 1 saturated heterocycles. The summed E-state index contributed by atoms with van der Waals surface area (Å²) in [4.78, 5) is 18.4. The van der Waals surface area contributed by atoms with Gasteiger partial charge in [0.05, 0.1) is 12.2 Å². The summed E-state index contributed by atoms with van der Waals surface area (Å²) in [7, 11) is 1.43. The standard InChI is InChI=1S/C17H18F4N8O/c1-27-7-10(12(25-27)13(18)19)24-16(30)11-14-23-3-2-4-29(14)26-15(11)28-6-9(22)5-17(20,21)8-28/h2-4,7,9,13H,5-6,8,22H2,1H3,(H,24,30). The van der Waals surface area contributed by atoms with Gasteiger partial charge in [-0.25, -0.2) is 27.1 Å². The third-order valence-electron chi connectivity index (χ3n) is 4.65. The lowest BCUT2D eigenvalue weighted by atomic mass is 10.0. The predicted molar refractivity (Wildman–Crippen MR) is 98.9 cm³/mol. The number of halogens is 4. The number of nitrogens with two attached hydrogens (primary N) is 1. The molecule has 9 nitrogen and oxygen atoms in total. The number of fused-ring (bicyclic) bond motifs is 1. The van der Waals surface area contributed by atoms with E-state index in [-0.39, 0.29) is 29.3 Å². The number of carbonyl (C=O) groups excluding carboxylic acids is 1. The van der Waals surface area contributed by atoms with Gasteiger partial charge in [0, 0.05) is 44.6 Å². The van der Waals surface area contributed by atoms with Crippen LogP contribution in [0.3, 0.4) is 0 Å². The summed E-state index contributed by atoms with van der Waals surface area (Å²) in [6, 6.07) is 0.726. The third-order valence-corrected chi connectivity index (χ3v) is 4.65. The molecule has 0 bridgehead atoms. The molecule has 1 atom stereocenters. The average Bonchev–Trinajstić information content (AvgIpc) is 3.20. The molecule has 0 saturated carbocycles. The van der Waals surface area contributed by atoms with Crippen LogP contribution in [0.5, 0.6) is 0 Å². The molecule has 0 aliphatic carbocycles. The second-order valence-corrected chi connectivity index (χ2v) is 7.14. The summed E-state index contributed by atoms with van der Waals surface area (Å²) in [6.07, 6.45) is 0.733. The molecule has 1 aliphatic heterocycles. The van der Waals surface area contributed by atoms with Gasteiger partial charge in [0.15, 0.2) is 17.2 Å². The first-order valence-corrected chi connectivity index (χ1v) is 8.99. The highest BCUT2D eigenvalue weighted by molar-refractivity contribution is 6.12. The van der Waals surface area contributed by atoms with E-state index in [2.05, 4.69) is 20.5 Å². The molecule has 13 heteroatoms. The van der Waals surface area contributed by atoms with Crippen molar-refractivity contribution in [3.05, 3.63) is 35.9 Å². The highest BCUT2D eigenvalue weighted by Crippen LogP contribution is 2.33. The molecule has 4 heterocycles. The Bertz CT molecular complexity index is 1090. The van der Waals surface area contributed by atoms with E-state index < -0.39 is 43.0 Å². The van der Waals surface area contributed by atoms with E-state index in [1.807, 2.05) is 0 Å². The highest BCUT2D eigenvalue weighted by Gasteiger charge is 2.41. The molecule has 1 aliphatic rings. The molecule has 3 aromatic rings. The van der Waals surface area contributed by atoms with Gasteiger partial charge >= 0.3 is 0 Å². The number of aromatic nitrogens is 5. The fourth-order valence-corrected chi connectivity index (χ4v) is 3.55. The number of rotatable bonds is 4. The number of anilines is 2. The van der Waals surface area contributed by atoms with Crippen LogP contribution in [-0.2, 0) is 7.05 Å². The number of alkyl halides is 4. The number of amides is 1. The van der Waals surface area contributed by atoms with Crippen LogP contribution in [0.15, 0.2) is 24.7 Å². The molecule has 3 aromatic heterocycles. The lowest BCUT2D eigenvalue weighted by molar-refractivity contribution is -0.0174. The van der Waals surface area contributed by atoms with Crippen molar-refractivity contribution in [2.45, 2.75) is 24.8 Å². The van der Waals surface area contributed by atoms with Gasteiger partial charge in [-0.1, -0.05) is 0 Å². The fourth-order valence-electron chi connectivity index (χ4n) is 3.55. The SMILES string of the molecule is Cn1cc(NC(=O)c2c(N3CC(N)CC(F)(F)C3)nn3cccnc23)c(C(F)F)n1. The minimum Gasteiger partial charge on any atom is -0.347 e. The minimum atomic E-state index is -3.07. The van der Waals surface area contributed by atoms with Crippen molar-refractivity contribution in [1.82, 2.24) is 24.4 Å². The van der Waals surface area contributed by atoms with Crippen molar-refractivity contribution < 1.29 is 22.4 Å². The van der Waals surface area contributed by atoms with Gasteiger partial charge in [-0.2, -0.15) is 5.10 Å². The maximum absolute atomic E-state index is 14.1. The molecule has 4 rings (SSSR count). The fraction of sp³-hybridized carbons (Fsp3) is 0.412. The zero-order chi connectivity index (χ0) is 21.6. The first-order valence-electron chi connectivity index (χ1n) is 8.99. The molecule has 1 unspecified atom stereocenters. The van der Waals surface area contributed by atoms with Crippen LogP contribution in [0.25, 0.3) is 5.65 Å². The Morgan fingerprint density at radius 1 is 1.37 bits per heavy atom. The zero-order valence-electron chi connectivity index (χ0n) is 15.8. The van der Waals surface area contributed by atoms with Gasteiger partial charge in [-0.3, -0.25) is 9.48 Å². The van der Waals surface area contributed by atoms with Gasteiger partial charge in [-0.15, -0.1) is 5.10 Å². The van der Waals surface area contributed by atoms with Gasteiger partial charge in [-0.05, 0) is 6.07 Å². The summed E-state index contributed by atoms with van der Waals surface area (Å²) in [5.41, 5.74) is 4.94.